The van der Waals surface area contributed by atoms with Gasteiger partial charge >= 0.3 is 0 Å². The summed E-state index contributed by atoms with van der Waals surface area (Å²) >= 11 is 1.21. The topological polar surface area (TPSA) is 114 Å². The fourth-order valence-corrected chi connectivity index (χ4v) is 3.68. The minimum Gasteiger partial charge on any atom is -0.309 e. The lowest BCUT2D eigenvalue weighted by Gasteiger charge is -2.10. The van der Waals surface area contributed by atoms with Gasteiger partial charge in [-0.25, -0.2) is 4.68 Å². The minimum atomic E-state index is -0.297. The molecule has 0 saturated heterocycles. The van der Waals surface area contributed by atoms with Crippen LogP contribution in [0.3, 0.4) is 0 Å². The maximum absolute atomic E-state index is 12.7. The van der Waals surface area contributed by atoms with Crippen LogP contribution in [0.2, 0.25) is 0 Å². The second kappa shape index (κ2) is 8.81. The van der Waals surface area contributed by atoms with Gasteiger partial charge in [-0.2, -0.15) is 15.0 Å². The van der Waals surface area contributed by atoms with Gasteiger partial charge in [0.15, 0.2) is 5.82 Å². The molecule has 1 N–H and O–H groups in total. The van der Waals surface area contributed by atoms with Crippen LogP contribution in [-0.4, -0.2) is 41.6 Å². The molecule has 0 atom stereocenters. The molecule has 154 valence electrons. The van der Waals surface area contributed by atoms with Crippen LogP contribution in [-0.2, 0) is 4.79 Å². The van der Waals surface area contributed by atoms with Gasteiger partial charge < -0.3 is 5.32 Å². The van der Waals surface area contributed by atoms with Crippen LogP contribution < -0.4 is 5.32 Å². The van der Waals surface area contributed by atoms with E-state index in [0.717, 1.165) is 22.5 Å². The molecule has 0 fully saturated rings. The van der Waals surface area contributed by atoms with Crippen LogP contribution in [0.25, 0.3) is 11.4 Å². The van der Waals surface area contributed by atoms with Crippen molar-refractivity contribution in [1.29, 1.82) is 5.26 Å². The van der Waals surface area contributed by atoms with E-state index in [1.807, 2.05) is 62.4 Å². The Balaban J connectivity index is 1.51. The van der Waals surface area contributed by atoms with Crippen molar-refractivity contribution < 1.29 is 4.79 Å². The van der Waals surface area contributed by atoms with Crippen LogP contribution >= 0.6 is 11.8 Å². The number of benzene rings is 2. The zero-order valence-corrected chi connectivity index (χ0v) is 17.7. The monoisotopic (exact) mass is 430 g/mol. The van der Waals surface area contributed by atoms with Gasteiger partial charge in [-0.15, -0.1) is 5.10 Å². The molecule has 0 spiro atoms. The predicted molar refractivity (Wildman–Crippen MR) is 116 cm³/mol. The van der Waals surface area contributed by atoms with Crippen LogP contribution in [0.5, 0.6) is 0 Å². The Morgan fingerprint density at radius 3 is 2.71 bits per heavy atom. The summed E-state index contributed by atoms with van der Waals surface area (Å²) in [5, 5.41) is 28.8. The molecule has 10 heteroatoms. The zero-order valence-electron chi connectivity index (χ0n) is 16.9. The van der Waals surface area contributed by atoms with Gasteiger partial charge in [-0.1, -0.05) is 42.1 Å². The van der Waals surface area contributed by atoms with E-state index >= 15 is 0 Å². The maximum atomic E-state index is 12.7. The average molecular weight is 430 g/mol. The molecule has 0 radical (unpaired) electrons. The third-order valence-electron chi connectivity index (χ3n) is 4.73. The van der Waals surface area contributed by atoms with Crippen molar-refractivity contribution in [3.05, 3.63) is 71.4 Å². The van der Waals surface area contributed by atoms with Crippen molar-refractivity contribution in [2.75, 3.05) is 11.1 Å². The van der Waals surface area contributed by atoms with E-state index in [1.54, 1.807) is 4.68 Å². The number of hydrogen-bond acceptors (Lipinski definition) is 7. The second-order valence-electron chi connectivity index (χ2n) is 6.70. The van der Waals surface area contributed by atoms with Gasteiger partial charge in [0.05, 0.1) is 23.3 Å². The van der Waals surface area contributed by atoms with E-state index in [0.29, 0.717) is 11.0 Å². The van der Waals surface area contributed by atoms with Crippen LogP contribution in [0.15, 0.2) is 59.9 Å². The third-order valence-corrected chi connectivity index (χ3v) is 5.65. The molecule has 9 nitrogen and oxygen atoms in total. The molecule has 0 saturated carbocycles. The van der Waals surface area contributed by atoms with Crippen molar-refractivity contribution in [1.82, 2.24) is 30.0 Å². The lowest BCUT2D eigenvalue weighted by molar-refractivity contribution is -0.113. The fraction of sp³-hybridized carbons (Fsp3) is 0.143. The molecule has 1 amide bonds. The smallest absolute Gasteiger partial charge is 0.236 e. The number of aromatic nitrogens is 6. The number of hydrogen-bond donors (Lipinski definition) is 1. The molecular weight excluding hydrogens is 412 g/mol. The second-order valence-corrected chi connectivity index (χ2v) is 7.64. The molecule has 2 heterocycles. The molecule has 0 aliphatic rings. The summed E-state index contributed by atoms with van der Waals surface area (Å²) in [6, 6.07) is 17.2. The molecule has 0 aliphatic carbocycles. The van der Waals surface area contributed by atoms with Gasteiger partial charge in [0.2, 0.25) is 11.1 Å². The van der Waals surface area contributed by atoms with Crippen LogP contribution in [0.1, 0.15) is 16.7 Å². The molecule has 4 rings (SSSR count). The molecule has 0 unspecified atom stereocenters. The van der Waals surface area contributed by atoms with E-state index in [9.17, 15) is 10.1 Å². The van der Waals surface area contributed by atoms with Gasteiger partial charge in [-0.3, -0.25) is 4.79 Å². The molecular formula is C21H18N8OS. The Hall–Kier alpha value is -3.97. The van der Waals surface area contributed by atoms with E-state index in [1.165, 1.54) is 22.6 Å². The Morgan fingerprint density at radius 1 is 1.13 bits per heavy atom. The van der Waals surface area contributed by atoms with E-state index in [-0.39, 0.29) is 17.2 Å². The zero-order chi connectivity index (χ0) is 21.8. The molecule has 2 aromatic carbocycles. The van der Waals surface area contributed by atoms with Gasteiger partial charge in [0, 0.05) is 0 Å². The van der Waals surface area contributed by atoms with Crippen LogP contribution in [0, 0.1) is 25.2 Å². The average Bonchev–Trinajstić information content (AvgIpc) is 3.41. The number of carbonyl (C=O) groups is 1. The summed E-state index contributed by atoms with van der Waals surface area (Å²) < 4.78 is 3.15. The molecule has 4 aromatic rings. The summed E-state index contributed by atoms with van der Waals surface area (Å²) in [7, 11) is 0. The first-order valence-electron chi connectivity index (χ1n) is 9.39. The first-order valence-corrected chi connectivity index (χ1v) is 10.4. The highest BCUT2D eigenvalue weighted by molar-refractivity contribution is 7.99. The number of tetrazole rings is 1. The number of aryl methyl sites for hydroxylation is 1. The molecule has 31 heavy (non-hydrogen) atoms. The predicted octanol–water partition coefficient (Wildman–Crippen LogP) is 3.07. The highest BCUT2D eigenvalue weighted by atomic mass is 32.2. The third kappa shape index (κ3) is 4.17. The highest BCUT2D eigenvalue weighted by Gasteiger charge is 2.17. The van der Waals surface area contributed by atoms with Gasteiger partial charge in [0.1, 0.15) is 11.6 Å². The molecule has 0 bridgehead atoms. The Morgan fingerprint density at radius 2 is 1.94 bits per heavy atom. The van der Waals surface area contributed by atoms with Gasteiger partial charge in [0.25, 0.3) is 0 Å². The first kappa shape index (κ1) is 20.3. The van der Waals surface area contributed by atoms with Crippen molar-refractivity contribution in [3.8, 4) is 17.4 Å². The Kier molecular flexibility index (Phi) is 5.77. The maximum Gasteiger partial charge on any atom is 0.236 e. The number of rotatable bonds is 6. The lowest BCUT2D eigenvalue weighted by atomic mass is 10.1. The summed E-state index contributed by atoms with van der Waals surface area (Å²) in [5.41, 5.74) is 4.07. The van der Waals surface area contributed by atoms with Gasteiger partial charge in [-0.05, 0) is 53.6 Å². The molecule has 0 aliphatic heterocycles. The summed E-state index contributed by atoms with van der Waals surface area (Å²) in [5.74, 6) is 0.0962. The number of carbonyl (C=O) groups excluding carboxylic acids is 1. The van der Waals surface area contributed by atoms with E-state index in [4.69, 9.17) is 0 Å². The van der Waals surface area contributed by atoms with Crippen LogP contribution in [0.4, 0.5) is 5.82 Å². The number of nitrogens with zero attached hydrogens (tertiary/aromatic N) is 7. The minimum absolute atomic E-state index is 0.0656. The van der Waals surface area contributed by atoms with Crippen molar-refractivity contribution in [2.24, 2.45) is 0 Å². The lowest BCUT2D eigenvalue weighted by Crippen LogP contribution is -2.18. The van der Waals surface area contributed by atoms with Crippen molar-refractivity contribution >= 4 is 23.5 Å². The number of nitrogens with one attached hydrogen (secondary N) is 1. The van der Waals surface area contributed by atoms with E-state index < -0.39 is 0 Å². The summed E-state index contributed by atoms with van der Waals surface area (Å²) in [6.45, 7) is 4.02. The van der Waals surface area contributed by atoms with Crippen molar-refractivity contribution in [3.63, 3.8) is 0 Å². The fourth-order valence-electron chi connectivity index (χ4n) is 3.00. The largest absolute Gasteiger partial charge is 0.309 e. The Labute approximate surface area is 182 Å². The quantitative estimate of drug-likeness (QED) is 0.468. The highest BCUT2D eigenvalue weighted by Crippen LogP contribution is 2.24. The number of para-hydroxylation sites is 1. The molecule has 2 aromatic heterocycles. The number of amides is 1. The Bertz CT molecular complexity index is 1270. The number of nitriles is 1. The SMILES string of the molecule is Cc1cccc(-n2nnnc2SCC(=O)Nc2c(C#N)cnn2-c2ccccc2)c1C. The van der Waals surface area contributed by atoms with E-state index in [2.05, 4.69) is 32.0 Å². The summed E-state index contributed by atoms with van der Waals surface area (Å²) in [6.07, 6.45) is 1.43. The first-order chi connectivity index (χ1) is 15.1. The number of anilines is 1. The normalized spacial score (nSPS) is 10.6. The summed E-state index contributed by atoms with van der Waals surface area (Å²) in [4.78, 5) is 12.7. The number of thioether (sulfide) groups is 1. The van der Waals surface area contributed by atoms with Crippen molar-refractivity contribution in [2.45, 2.75) is 19.0 Å². The standard InChI is InChI=1S/C21H18N8OS/c1-14-7-6-10-18(15(14)2)29-21(25-26-27-29)31-13-19(30)24-20-16(11-22)12-23-28(20)17-8-4-3-5-9-17/h3-10,12H,13H2,1-2H3,(H,24,30).